The van der Waals surface area contributed by atoms with Gasteiger partial charge in [0.05, 0.1) is 22.4 Å². The van der Waals surface area contributed by atoms with Crippen molar-refractivity contribution >= 4 is 34.0 Å². The van der Waals surface area contributed by atoms with Gasteiger partial charge in [0.15, 0.2) is 5.82 Å². The number of rotatable bonds is 5. The number of hydrogen-bond acceptors (Lipinski definition) is 2. The fourth-order valence-corrected chi connectivity index (χ4v) is 11.7. The first-order valence-electron chi connectivity index (χ1n) is 22.5. The Balaban J connectivity index is 1.06. The average molecular weight is 790 g/mol. The van der Waals surface area contributed by atoms with Crippen LogP contribution in [0, 0.1) is 5.92 Å². The standard InChI is InChI=1S/C58H51N3/c1-34-14-12-21-46-40(34)28-29-52-54(46)47-26-24-37(30-36(3)48-32-38-16-6-7-17-41(38)42-18-8-9-19-43(42)48)31-53(47)61(52)57-56(60-55-35(2)15-13-23-51(55)59-57)39-25-27-45-44-20-10-11-22-49(44)58(4,5)50(45)33-39/h6-13,16-29,31,33-36,48H,14-15,30,32H2,1-5H3/t34?,35?,36?,48-/m1/s1. The van der Waals surface area contributed by atoms with Crippen molar-refractivity contribution in [1.29, 1.82) is 0 Å². The Kier molecular flexibility index (Phi) is 8.14. The zero-order chi connectivity index (χ0) is 41.1. The third kappa shape index (κ3) is 5.48. The quantitative estimate of drug-likeness (QED) is 0.174. The number of fused-ring (bicyclic) bond motifs is 12. The highest BCUT2D eigenvalue weighted by Gasteiger charge is 2.36. The Labute approximate surface area is 359 Å². The van der Waals surface area contributed by atoms with Gasteiger partial charge < -0.3 is 0 Å². The van der Waals surface area contributed by atoms with E-state index in [0.29, 0.717) is 17.8 Å². The summed E-state index contributed by atoms with van der Waals surface area (Å²) in [5, 5.41) is 2.59. The van der Waals surface area contributed by atoms with Gasteiger partial charge in [-0.25, -0.2) is 9.97 Å². The van der Waals surface area contributed by atoms with Gasteiger partial charge in [-0.3, -0.25) is 4.57 Å². The van der Waals surface area contributed by atoms with Crippen molar-refractivity contribution < 1.29 is 0 Å². The van der Waals surface area contributed by atoms with Crippen LogP contribution in [-0.2, 0) is 18.3 Å². The minimum absolute atomic E-state index is 0.124. The molecule has 0 spiro atoms. The van der Waals surface area contributed by atoms with Crippen molar-refractivity contribution in [2.24, 2.45) is 5.92 Å². The highest BCUT2D eigenvalue weighted by Crippen LogP contribution is 2.51. The second kappa shape index (κ2) is 13.6. The van der Waals surface area contributed by atoms with Crippen LogP contribution in [0.2, 0.25) is 0 Å². The van der Waals surface area contributed by atoms with Crippen molar-refractivity contribution in [2.75, 3.05) is 0 Å². The molecule has 0 fully saturated rings. The van der Waals surface area contributed by atoms with E-state index in [0.717, 1.165) is 54.1 Å². The van der Waals surface area contributed by atoms with E-state index >= 15 is 0 Å². The zero-order valence-corrected chi connectivity index (χ0v) is 35.8. The predicted molar refractivity (Wildman–Crippen MR) is 255 cm³/mol. The van der Waals surface area contributed by atoms with Crippen molar-refractivity contribution in [2.45, 2.75) is 83.5 Å². The van der Waals surface area contributed by atoms with Gasteiger partial charge in [-0.1, -0.05) is 156 Å². The smallest absolute Gasteiger partial charge is 0.165 e. The van der Waals surface area contributed by atoms with E-state index in [-0.39, 0.29) is 11.3 Å². The van der Waals surface area contributed by atoms with Gasteiger partial charge in [0.25, 0.3) is 0 Å². The Hall–Kier alpha value is -6.32. The molecular weight excluding hydrogens is 739 g/mol. The minimum Gasteiger partial charge on any atom is -0.292 e. The maximum Gasteiger partial charge on any atom is 0.165 e. The molecule has 0 radical (unpaired) electrons. The van der Waals surface area contributed by atoms with Gasteiger partial charge in [0.2, 0.25) is 0 Å². The van der Waals surface area contributed by atoms with E-state index in [1.54, 1.807) is 0 Å². The molecule has 3 nitrogen and oxygen atoms in total. The largest absolute Gasteiger partial charge is 0.292 e. The molecule has 0 saturated heterocycles. The summed E-state index contributed by atoms with van der Waals surface area (Å²) >= 11 is 0. The fraction of sp³-hybridized carbons (Fsp3) is 0.241. The molecule has 0 aliphatic heterocycles. The zero-order valence-electron chi connectivity index (χ0n) is 35.8. The number of aromatic nitrogens is 3. The van der Waals surface area contributed by atoms with Crippen LogP contribution >= 0.6 is 0 Å². The van der Waals surface area contributed by atoms with Crippen LogP contribution in [0.4, 0.5) is 0 Å². The summed E-state index contributed by atoms with van der Waals surface area (Å²) < 4.78 is 2.47. The summed E-state index contributed by atoms with van der Waals surface area (Å²) in [7, 11) is 0. The van der Waals surface area contributed by atoms with Gasteiger partial charge in [0.1, 0.15) is 5.69 Å². The number of hydrogen-bond donors (Lipinski definition) is 0. The van der Waals surface area contributed by atoms with Crippen LogP contribution in [0.25, 0.3) is 73.3 Å². The van der Waals surface area contributed by atoms with Gasteiger partial charge in [-0.2, -0.15) is 0 Å². The summed E-state index contributed by atoms with van der Waals surface area (Å²) in [5.41, 5.74) is 21.6. The number of benzene rings is 6. The molecule has 61 heavy (non-hydrogen) atoms. The molecular formula is C58H51N3. The highest BCUT2D eigenvalue weighted by molar-refractivity contribution is 6.14. The normalized spacial score (nSPS) is 19.5. The first kappa shape index (κ1) is 36.5. The molecule has 8 aromatic rings. The van der Waals surface area contributed by atoms with E-state index in [2.05, 4.69) is 185 Å². The molecule has 12 rings (SSSR count). The van der Waals surface area contributed by atoms with Crippen LogP contribution in [-0.4, -0.2) is 14.5 Å². The molecule has 6 aromatic carbocycles. The maximum absolute atomic E-state index is 5.69. The van der Waals surface area contributed by atoms with Crippen LogP contribution in [0.15, 0.2) is 133 Å². The molecule has 0 N–H and O–H groups in total. The summed E-state index contributed by atoms with van der Waals surface area (Å²) in [6.07, 6.45) is 13.3. The monoisotopic (exact) mass is 789 g/mol. The lowest BCUT2D eigenvalue weighted by molar-refractivity contribution is 0.451. The Morgan fingerprint density at radius 1 is 0.672 bits per heavy atom. The second-order valence-corrected chi connectivity index (χ2v) is 19.1. The molecule has 2 heterocycles. The van der Waals surface area contributed by atoms with Crippen molar-refractivity contribution in [3.8, 4) is 39.3 Å². The molecule has 0 amide bonds. The van der Waals surface area contributed by atoms with Gasteiger partial charge in [-0.15, -0.1) is 0 Å². The topological polar surface area (TPSA) is 30.7 Å². The van der Waals surface area contributed by atoms with Crippen LogP contribution in [0.1, 0.15) is 116 Å². The molecule has 0 saturated carbocycles. The Morgan fingerprint density at radius 2 is 1.43 bits per heavy atom. The van der Waals surface area contributed by atoms with Crippen molar-refractivity contribution in [1.82, 2.24) is 14.5 Å². The minimum atomic E-state index is -0.124. The lowest BCUT2D eigenvalue weighted by Crippen LogP contribution is -2.19. The van der Waals surface area contributed by atoms with E-state index in [1.807, 2.05) is 0 Å². The third-order valence-electron chi connectivity index (χ3n) is 15.0. The summed E-state index contributed by atoms with van der Waals surface area (Å²) in [4.78, 5) is 11.4. The summed E-state index contributed by atoms with van der Waals surface area (Å²) in [6.45, 7) is 11.9. The van der Waals surface area contributed by atoms with E-state index < -0.39 is 0 Å². The van der Waals surface area contributed by atoms with Crippen LogP contribution in [0.5, 0.6) is 0 Å². The molecule has 0 bridgehead atoms. The molecule has 3 heteroatoms. The Morgan fingerprint density at radius 3 is 2.31 bits per heavy atom. The van der Waals surface area contributed by atoms with Crippen LogP contribution in [0.3, 0.4) is 0 Å². The van der Waals surface area contributed by atoms with Gasteiger partial charge in [0, 0.05) is 27.7 Å². The lowest BCUT2D eigenvalue weighted by atomic mass is 9.72. The molecule has 4 atom stereocenters. The summed E-state index contributed by atoms with van der Waals surface area (Å²) in [6, 6.07) is 46.2. The predicted octanol–water partition coefficient (Wildman–Crippen LogP) is 14.8. The molecule has 298 valence electrons. The van der Waals surface area contributed by atoms with E-state index in [4.69, 9.17) is 9.97 Å². The molecule has 2 aromatic heterocycles. The van der Waals surface area contributed by atoms with Crippen LogP contribution < -0.4 is 0 Å². The summed E-state index contributed by atoms with van der Waals surface area (Å²) in [5.74, 6) is 2.54. The number of allylic oxidation sites excluding steroid dienone is 2. The number of nitrogens with zero attached hydrogens (tertiary/aromatic N) is 3. The third-order valence-corrected chi connectivity index (χ3v) is 15.0. The maximum atomic E-state index is 5.69. The Bertz CT molecular complexity index is 3190. The van der Waals surface area contributed by atoms with Crippen molar-refractivity contribution in [3.63, 3.8) is 0 Å². The average Bonchev–Trinajstić information content (AvgIpc) is 3.73. The van der Waals surface area contributed by atoms with Gasteiger partial charge in [-0.05, 0) is 129 Å². The second-order valence-electron chi connectivity index (χ2n) is 19.1. The van der Waals surface area contributed by atoms with Crippen molar-refractivity contribution in [3.05, 3.63) is 184 Å². The van der Waals surface area contributed by atoms with E-state index in [9.17, 15) is 0 Å². The first-order valence-corrected chi connectivity index (χ1v) is 22.5. The molecule has 3 unspecified atom stereocenters. The molecule has 4 aliphatic carbocycles. The fourth-order valence-electron chi connectivity index (χ4n) is 11.7. The van der Waals surface area contributed by atoms with Gasteiger partial charge >= 0.3 is 0 Å². The lowest BCUT2D eigenvalue weighted by Gasteiger charge is -2.32. The highest BCUT2D eigenvalue weighted by atomic mass is 15.1. The first-order chi connectivity index (χ1) is 29.7. The van der Waals surface area contributed by atoms with E-state index in [1.165, 1.54) is 83.0 Å². The SMILES string of the molecule is CC1CC=Cc2c1ccc1c2c2ccc(CC(C)[C@H]3Cc4ccccc4-c4ccccc43)cc2n1-c1nc2c(nc1-c1ccc3c(c1)C(C)(C)c1ccccc1-3)C(C)CC=C2. The molecule has 4 aliphatic rings.